The van der Waals surface area contributed by atoms with Gasteiger partial charge in [0.2, 0.25) is 0 Å². The van der Waals surface area contributed by atoms with Gasteiger partial charge in [-0.25, -0.2) is 15.0 Å². The maximum absolute atomic E-state index is 5.02. The zero-order valence-electron chi connectivity index (χ0n) is 44.3. The predicted octanol–water partition coefficient (Wildman–Crippen LogP) is 18.9. The fraction of sp³-hybridized carbons (Fsp3) is 0. The van der Waals surface area contributed by atoms with Gasteiger partial charge in [-0.15, -0.1) is 0 Å². The summed E-state index contributed by atoms with van der Waals surface area (Å²) in [4.78, 5) is 15.0. The van der Waals surface area contributed by atoms with Crippen molar-refractivity contribution in [2.75, 3.05) is 0 Å². The van der Waals surface area contributed by atoms with E-state index in [4.69, 9.17) is 15.0 Å². The molecule has 0 bridgehead atoms. The van der Waals surface area contributed by atoms with Crippen molar-refractivity contribution >= 4 is 87.2 Å². The van der Waals surface area contributed by atoms with E-state index in [2.05, 4.69) is 243 Å². The summed E-state index contributed by atoms with van der Waals surface area (Å²) in [6.45, 7) is 0. The standard InChI is InChI=1S/C75H47N7/c1-3-17-49(18-4-1)73-76-74(50-19-5-2-6-20-50)78-75(77-73)51-33-38-54(39-34-51)80-65-26-12-11-25-61(65)62-42-35-52(45-72(62)80)48-31-36-53(37-32-48)79-70-43-40-55(81-66-27-13-7-21-57(66)58-22-8-14-28-67(58)81)46-63(70)64-47-56(41-44-71(64)79)82-68-29-15-9-23-59(68)60-24-10-16-30-69(60)82/h1-47H. The smallest absolute Gasteiger partial charge is 0.164 e. The Bertz CT molecular complexity index is 5040. The van der Waals surface area contributed by atoms with Crippen molar-refractivity contribution in [1.29, 1.82) is 0 Å². The molecule has 17 aromatic rings. The Balaban J connectivity index is 0.784. The summed E-state index contributed by atoms with van der Waals surface area (Å²) >= 11 is 0. The van der Waals surface area contributed by atoms with Crippen LogP contribution in [0.25, 0.3) is 155 Å². The van der Waals surface area contributed by atoms with Gasteiger partial charge in [0, 0.05) is 82.5 Å². The molecule has 0 aliphatic rings. The third-order valence-electron chi connectivity index (χ3n) is 16.6. The second-order valence-electron chi connectivity index (χ2n) is 21.2. The molecule has 382 valence electrons. The van der Waals surface area contributed by atoms with Crippen LogP contribution in [-0.2, 0) is 0 Å². The van der Waals surface area contributed by atoms with Crippen molar-refractivity contribution in [2.45, 2.75) is 0 Å². The van der Waals surface area contributed by atoms with Crippen molar-refractivity contribution in [3.8, 4) is 68.0 Å². The molecule has 0 saturated heterocycles. The van der Waals surface area contributed by atoms with E-state index in [9.17, 15) is 0 Å². The van der Waals surface area contributed by atoms with Gasteiger partial charge in [0.1, 0.15) is 0 Å². The molecule has 0 aliphatic carbocycles. The average Bonchev–Trinajstić information content (AvgIpc) is 3.22. The molecule has 0 atom stereocenters. The van der Waals surface area contributed by atoms with Gasteiger partial charge in [-0.3, -0.25) is 0 Å². The summed E-state index contributed by atoms with van der Waals surface area (Å²) in [5, 5.41) is 9.77. The van der Waals surface area contributed by atoms with Crippen LogP contribution in [0.3, 0.4) is 0 Å². The number of hydrogen-bond donors (Lipinski definition) is 0. The quantitative estimate of drug-likeness (QED) is 0.152. The number of hydrogen-bond acceptors (Lipinski definition) is 3. The van der Waals surface area contributed by atoms with Gasteiger partial charge in [0.25, 0.3) is 0 Å². The highest BCUT2D eigenvalue weighted by molar-refractivity contribution is 6.15. The van der Waals surface area contributed by atoms with Gasteiger partial charge in [0.15, 0.2) is 17.5 Å². The van der Waals surface area contributed by atoms with Gasteiger partial charge >= 0.3 is 0 Å². The van der Waals surface area contributed by atoms with Gasteiger partial charge in [0.05, 0.1) is 44.1 Å². The van der Waals surface area contributed by atoms with Crippen LogP contribution >= 0.6 is 0 Å². The first-order valence-corrected chi connectivity index (χ1v) is 27.8. The van der Waals surface area contributed by atoms with Crippen molar-refractivity contribution in [3.05, 3.63) is 285 Å². The fourth-order valence-corrected chi connectivity index (χ4v) is 12.9. The highest BCUT2D eigenvalue weighted by Gasteiger charge is 2.21. The van der Waals surface area contributed by atoms with Crippen molar-refractivity contribution in [1.82, 2.24) is 33.2 Å². The Labute approximate surface area is 471 Å². The maximum Gasteiger partial charge on any atom is 0.164 e. The third kappa shape index (κ3) is 7.13. The first-order chi connectivity index (χ1) is 40.7. The molecule has 0 N–H and O–H groups in total. The molecule has 0 saturated carbocycles. The monoisotopic (exact) mass is 1050 g/mol. The molecule has 0 aliphatic heterocycles. The zero-order chi connectivity index (χ0) is 53.8. The van der Waals surface area contributed by atoms with Crippen LogP contribution in [-0.4, -0.2) is 33.2 Å². The lowest BCUT2D eigenvalue weighted by Crippen LogP contribution is -2.00. The summed E-state index contributed by atoms with van der Waals surface area (Å²) in [6.07, 6.45) is 0. The minimum Gasteiger partial charge on any atom is -0.309 e. The molecule has 0 spiro atoms. The number of aromatic nitrogens is 7. The zero-order valence-corrected chi connectivity index (χ0v) is 44.3. The summed E-state index contributed by atoms with van der Waals surface area (Å²) < 4.78 is 9.66. The molecule has 0 unspecified atom stereocenters. The lowest BCUT2D eigenvalue weighted by molar-refractivity contribution is 1.07. The van der Waals surface area contributed by atoms with Crippen LogP contribution in [0, 0.1) is 0 Å². The van der Waals surface area contributed by atoms with Crippen LogP contribution in [0.2, 0.25) is 0 Å². The van der Waals surface area contributed by atoms with Gasteiger partial charge in [-0.05, 0) is 120 Å². The Kier molecular flexibility index (Phi) is 10.2. The molecular weight excluding hydrogens is 999 g/mol. The van der Waals surface area contributed by atoms with E-state index >= 15 is 0 Å². The lowest BCUT2D eigenvalue weighted by Gasteiger charge is -2.12. The average molecular weight is 1050 g/mol. The van der Waals surface area contributed by atoms with E-state index in [0.29, 0.717) is 17.5 Å². The molecule has 7 nitrogen and oxygen atoms in total. The number of fused-ring (bicyclic) bond motifs is 12. The van der Waals surface area contributed by atoms with E-state index < -0.39 is 0 Å². The number of benzene rings is 12. The van der Waals surface area contributed by atoms with Crippen molar-refractivity contribution in [2.24, 2.45) is 0 Å². The van der Waals surface area contributed by atoms with Gasteiger partial charge < -0.3 is 18.3 Å². The largest absolute Gasteiger partial charge is 0.309 e. The molecule has 5 aromatic heterocycles. The summed E-state index contributed by atoms with van der Waals surface area (Å²) in [6, 6.07) is 103. The van der Waals surface area contributed by atoms with Crippen molar-refractivity contribution in [3.63, 3.8) is 0 Å². The van der Waals surface area contributed by atoms with Crippen molar-refractivity contribution < 1.29 is 0 Å². The normalized spacial score (nSPS) is 11.9. The fourth-order valence-electron chi connectivity index (χ4n) is 12.9. The molecular formula is C75H47N7. The minimum atomic E-state index is 0.626. The maximum atomic E-state index is 5.02. The topological polar surface area (TPSA) is 58.4 Å². The number of para-hydroxylation sites is 5. The molecule has 5 heterocycles. The summed E-state index contributed by atoms with van der Waals surface area (Å²) in [5.41, 5.74) is 18.8. The molecule has 17 rings (SSSR count). The number of nitrogens with zero attached hydrogens (tertiary/aromatic N) is 7. The molecule has 12 aromatic carbocycles. The SMILES string of the molecule is c1ccc(-c2nc(-c3ccccc3)nc(-c3ccc(-n4c5ccccc5c5ccc(-c6ccc(-n7c8ccc(-n9c%10ccccc%10c%10ccccc%109)cc8c8cc(-n9c%10ccccc%10c%10ccccc%109)ccc87)cc6)cc54)cc3)n2)cc1. The molecule has 7 heteroatoms. The summed E-state index contributed by atoms with van der Waals surface area (Å²) in [7, 11) is 0. The molecule has 82 heavy (non-hydrogen) atoms. The minimum absolute atomic E-state index is 0.626. The van der Waals surface area contributed by atoms with Crippen LogP contribution < -0.4 is 0 Å². The highest BCUT2D eigenvalue weighted by Crippen LogP contribution is 2.41. The predicted molar refractivity (Wildman–Crippen MR) is 339 cm³/mol. The van der Waals surface area contributed by atoms with Gasteiger partial charge in [-0.2, -0.15) is 0 Å². The Morgan fingerprint density at radius 1 is 0.171 bits per heavy atom. The number of rotatable bonds is 8. The Morgan fingerprint density at radius 2 is 0.451 bits per heavy atom. The van der Waals surface area contributed by atoms with Crippen LogP contribution in [0.5, 0.6) is 0 Å². The van der Waals surface area contributed by atoms with E-state index in [1.165, 1.54) is 65.2 Å². The van der Waals surface area contributed by atoms with E-state index in [1.54, 1.807) is 0 Å². The third-order valence-corrected chi connectivity index (χ3v) is 16.6. The van der Waals surface area contributed by atoms with Crippen LogP contribution in [0.4, 0.5) is 0 Å². The van der Waals surface area contributed by atoms with E-state index in [0.717, 1.165) is 72.6 Å². The lowest BCUT2D eigenvalue weighted by atomic mass is 10.0. The van der Waals surface area contributed by atoms with E-state index in [1.807, 2.05) is 60.7 Å². The molecule has 0 fully saturated rings. The second-order valence-corrected chi connectivity index (χ2v) is 21.2. The van der Waals surface area contributed by atoms with Crippen LogP contribution in [0.1, 0.15) is 0 Å². The second kappa shape index (κ2) is 18.2. The molecule has 0 amide bonds. The van der Waals surface area contributed by atoms with Crippen LogP contribution in [0.15, 0.2) is 285 Å². The first-order valence-electron chi connectivity index (χ1n) is 27.8. The summed E-state index contributed by atoms with van der Waals surface area (Å²) in [5.74, 6) is 1.91. The first kappa shape index (κ1) is 45.8. The highest BCUT2D eigenvalue weighted by atomic mass is 15.0. The Morgan fingerprint density at radius 3 is 0.854 bits per heavy atom. The Hall–Kier alpha value is -11.2. The van der Waals surface area contributed by atoms with Gasteiger partial charge in [-0.1, -0.05) is 176 Å². The molecule has 0 radical (unpaired) electrons. The van der Waals surface area contributed by atoms with E-state index in [-0.39, 0.29) is 0 Å².